The van der Waals surface area contributed by atoms with Crippen molar-refractivity contribution >= 4 is 17.3 Å². The quantitative estimate of drug-likeness (QED) is 0.544. The molecule has 0 atom stereocenters. The standard InChI is InChI=1S/C18H30N6OS/c1-12-15(4)26-17(22-12)7-8-20-18(19-5)21-11-16-13(2)23-24(14(16)3)9-10-25-6/h7-11H2,1-6H3,(H2,19,20,21). The van der Waals surface area contributed by atoms with Crippen molar-refractivity contribution in [1.82, 2.24) is 25.4 Å². The number of hydrogen-bond donors (Lipinski definition) is 2. The highest BCUT2D eigenvalue weighted by molar-refractivity contribution is 7.11. The molecule has 0 fully saturated rings. The Hall–Kier alpha value is -1.93. The maximum absolute atomic E-state index is 5.15. The van der Waals surface area contributed by atoms with Gasteiger partial charge in [0.15, 0.2) is 5.96 Å². The number of aliphatic imine (C=N–C) groups is 1. The number of guanidine groups is 1. The molecule has 26 heavy (non-hydrogen) atoms. The largest absolute Gasteiger partial charge is 0.383 e. The normalized spacial score (nSPS) is 11.8. The molecule has 144 valence electrons. The molecule has 0 spiro atoms. The van der Waals surface area contributed by atoms with Gasteiger partial charge < -0.3 is 15.4 Å². The highest BCUT2D eigenvalue weighted by Crippen LogP contribution is 2.16. The van der Waals surface area contributed by atoms with Gasteiger partial charge in [-0.25, -0.2) is 4.98 Å². The van der Waals surface area contributed by atoms with Crippen LogP contribution in [-0.2, 0) is 24.2 Å². The summed E-state index contributed by atoms with van der Waals surface area (Å²) in [6.45, 7) is 11.2. The first-order chi connectivity index (χ1) is 12.5. The van der Waals surface area contributed by atoms with E-state index in [0.29, 0.717) is 13.2 Å². The van der Waals surface area contributed by atoms with Crippen molar-refractivity contribution in [3.05, 3.63) is 32.5 Å². The molecule has 2 aromatic heterocycles. The molecular formula is C18H30N6OS. The zero-order valence-corrected chi connectivity index (χ0v) is 17.5. The second-order valence-electron chi connectivity index (χ2n) is 6.22. The van der Waals surface area contributed by atoms with Gasteiger partial charge in [-0.05, 0) is 27.7 Å². The summed E-state index contributed by atoms with van der Waals surface area (Å²) in [5.41, 5.74) is 4.53. The monoisotopic (exact) mass is 378 g/mol. The van der Waals surface area contributed by atoms with Gasteiger partial charge in [0.05, 0.1) is 29.5 Å². The van der Waals surface area contributed by atoms with Gasteiger partial charge in [-0.3, -0.25) is 9.67 Å². The summed E-state index contributed by atoms with van der Waals surface area (Å²) < 4.78 is 7.14. The minimum Gasteiger partial charge on any atom is -0.383 e. The molecule has 0 aromatic carbocycles. The summed E-state index contributed by atoms with van der Waals surface area (Å²) in [6, 6.07) is 0. The first-order valence-electron chi connectivity index (χ1n) is 8.85. The Bertz CT molecular complexity index is 730. The number of rotatable bonds is 8. The third-order valence-corrected chi connectivity index (χ3v) is 5.53. The lowest BCUT2D eigenvalue weighted by Gasteiger charge is -2.12. The van der Waals surface area contributed by atoms with Crippen molar-refractivity contribution in [2.45, 2.75) is 47.2 Å². The van der Waals surface area contributed by atoms with E-state index in [1.165, 1.54) is 10.4 Å². The highest BCUT2D eigenvalue weighted by atomic mass is 32.1. The maximum Gasteiger partial charge on any atom is 0.191 e. The Kier molecular flexibility index (Phi) is 7.59. The summed E-state index contributed by atoms with van der Waals surface area (Å²) in [6.07, 6.45) is 0.896. The number of nitrogens with one attached hydrogen (secondary N) is 2. The Morgan fingerprint density at radius 2 is 1.96 bits per heavy atom. The van der Waals surface area contributed by atoms with E-state index >= 15 is 0 Å². The fourth-order valence-corrected chi connectivity index (χ4v) is 3.65. The van der Waals surface area contributed by atoms with Gasteiger partial charge >= 0.3 is 0 Å². The summed E-state index contributed by atoms with van der Waals surface area (Å²) in [5, 5.41) is 12.5. The Morgan fingerprint density at radius 3 is 2.58 bits per heavy atom. The average Bonchev–Trinajstić information content (AvgIpc) is 3.07. The SMILES string of the molecule is CN=C(NCCc1nc(C)c(C)s1)NCc1c(C)nn(CCOC)c1C. The van der Waals surface area contributed by atoms with Crippen LogP contribution in [0.1, 0.15) is 32.5 Å². The second kappa shape index (κ2) is 9.68. The van der Waals surface area contributed by atoms with Crippen LogP contribution in [0.25, 0.3) is 0 Å². The highest BCUT2D eigenvalue weighted by Gasteiger charge is 2.12. The molecule has 2 aromatic rings. The minimum absolute atomic E-state index is 0.660. The van der Waals surface area contributed by atoms with E-state index < -0.39 is 0 Å². The number of hydrogen-bond acceptors (Lipinski definition) is 5. The van der Waals surface area contributed by atoms with Crippen molar-refractivity contribution in [3.8, 4) is 0 Å². The lowest BCUT2D eigenvalue weighted by Crippen LogP contribution is -2.38. The molecule has 8 heteroatoms. The Morgan fingerprint density at radius 1 is 1.19 bits per heavy atom. The predicted octanol–water partition coefficient (Wildman–Crippen LogP) is 2.13. The molecule has 0 saturated carbocycles. The number of aromatic nitrogens is 3. The summed E-state index contributed by atoms with van der Waals surface area (Å²) in [7, 11) is 3.49. The smallest absolute Gasteiger partial charge is 0.191 e. The van der Waals surface area contributed by atoms with Crippen LogP contribution in [0.15, 0.2) is 4.99 Å². The molecule has 0 aliphatic carbocycles. The van der Waals surface area contributed by atoms with Crippen molar-refractivity contribution in [2.75, 3.05) is 27.3 Å². The second-order valence-corrected chi connectivity index (χ2v) is 7.50. The predicted molar refractivity (Wildman–Crippen MR) is 107 cm³/mol. The summed E-state index contributed by atoms with van der Waals surface area (Å²) in [5.74, 6) is 0.790. The maximum atomic E-state index is 5.15. The molecule has 2 heterocycles. The zero-order chi connectivity index (χ0) is 19.1. The van der Waals surface area contributed by atoms with E-state index in [0.717, 1.165) is 47.6 Å². The van der Waals surface area contributed by atoms with Gasteiger partial charge in [0.1, 0.15) is 0 Å². The van der Waals surface area contributed by atoms with E-state index in [9.17, 15) is 0 Å². The molecule has 0 radical (unpaired) electrons. The van der Waals surface area contributed by atoms with Crippen LogP contribution in [0.4, 0.5) is 0 Å². The third-order valence-electron chi connectivity index (χ3n) is 4.40. The molecular weight excluding hydrogens is 348 g/mol. The van der Waals surface area contributed by atoms with E-state index in [1.807, 2.05) is 11.6 Å². The third kappa shape index (κ3) is 5.28. The fraction of sp³-hybridized carbons (Fsp3) is 0.611. The van der Waals surface area contributed by atoms with E-state index in [1.54, 1.807) is 25.5 Å². The number of aryl methyl sites for hydroxylation is 3. The van der Waals surface area contributed by atoms with Gasteiger partial charge in [0.2, 0.25) is 0 Å². The van der Waals surface area contributed by atoms with Gasteiger partial charge in [0.25, 0.3) is 0 Å². The molecule has 0 aliphatic heterocycles. The fourth-order valence-electron chi connectivity index (χ4n) is 2.71. The summed E-state index contributed by atoms with van der Waals surface area (Å²) >= 11 is 1.76. The van der Waals surface area contributed by atoms with Crippen LogP contribution < -0.4 is 10.6 Å². The van der Waals surface area contributed by atoms with E-state index in [4.69, 9.17) is 4.74 Å². The van der Waals surface area contributed by atoms with Crippen LogP contribution in [0.3, 0.4) is 0 Å². The lowest BCUT2D eigenvalue weighted by molar-refractivity contribution is 0.182. The molecule has 0 unspecified atom stereocenters. The molecule has 2 rings (SSSR count). The summed E-state index contributed by atoms with van der Waals surface area (Å²) in [4.78, 5) is 10.2. The van der Waals surface area contributed by atoms with Crippen molar-refractivity contribution < 1.29 is 4.74 Å². The van der Waals surface area contributed by atoms with Crippen LogP contribution in [0, 0.1) is 27.7 Å². The van der Waals surface area contributed by atoms with Crippen molar-refractivity contribution in [1.29, 1.82) is 0 Å². The van der Waals surface area contributed by atoms with Crippen LogP contribution in [-0.4, -0.2) is 48.0 Å². The number of methoxy groups -OCH3 is 1. The average molecular weight is 379 g/mol. The lowest BCUT2D eigenvalue weighted by atomic mass is 10.2. The van der Waals surface area contributed by atoms with Gasteiger partial charge in [-0.2, -0.15) is 5.10 Å². The van der Waals surface area contributed by atoms with Crippen molar-refractivity contribution in [2.24, 2.45) is 4.99 Å². The molecule has 7 nitrogen and oxygen atoms in total. The van der Waals surface area contributed by atoms with Gasteiger partial charge in [-0.15, -0.1) is 11.3 Å². The van der Waals surface area contributed by atoms with Crippen molar-refractivity contribution in [3.63, 3.8) is 0 Å². The molecule has 0 amide bonds. The number of nitrogens with zero attached hydrogens (tertiary/aromatic N) is 4. The Balaban J connectivity index is 1.86. The van der Waals surface area contributed by atoms with E-state index in [2.05, 4.69) is 46.5 Å². The van der Waals surface area contributed by atoms with Crippen LogP contribution in [0.5, 0.6) is 0 Å². The first kappa shape index (κ1) is 20.4. The van der Waals surface area contributed by atoms with Crippen LogP contribution >= 0.6 is 11.3 Å². The zero-order valence-electron chi connectivity index (χ0n) is 16.6. The van der Waals surface area contributed by atoms with E-state index in [-0.39, 0.29) is 0 Å². The molecule has 0 bridgehead atoms. The van der Waals surface area contributed by atoms with Gasteiger partial charge in [0, 0.05) is 49.8 Å². The Labute approximate surface area is 159 Å². The molecule has 0 saturated heterocycles. The topological polar surface area (TPSA) is 76.4 Å². The number of ether oxygens (including phenoxy) is 1. The molecule has 0 aliphatic rings. The minimum atomic E-state index is 0.660. The van der Waals surface area contributed by atoms with Gasteiger partial charge in [-0.1, -0.05) is 0 Å². The number of thiazole rings is 1. The van der Waals surface area contributed by atoms with Crippen LogP contribution in [0.2, 0.25) is 0 Å². The first-order valence-corrected chi connectivity index (χ1v) is 9.67. The molecule has 2 N–H and O–H groups in total.